The molecule has 8 heteroatoms. The number of alkyl carbamates (subject to hydrolysis) is 1. The second kappa shape index (κ2) is 9.82. The Balaban J connectivity index is 1.67. The highest BCUT2D eigenvalue weighted by molar-refractivity contribution is 5.86. The van der Waals surface area contributed by atoms with Crippen LogP contribution in [-0.2, 0) is 14.3 Å². The number of aliphatic hydroxyl groups excluding tert-OH is 1. The third-order valence-corrected chi connectivity index (χ3v) is 5.46. The molecule has 1 aliphatic carbocycles. The van der Waals surface area contributed by atoms with Crippen LogP contribution in [0.2, 0.25) is 0 Å². The van der Waals surface area contributed by atoms with E-state index in [1.807, 2.05) is 48.5 Å². The van der Waals surface area contributed by atoms with E-state index in [0.29, 0.717) is 0 Å². The van der Waals surface area contributed by atoms with Crippen molar-refractivity contribution in [2.24, 2.45) is 0 Å². The quantitative estimate of drug-likeness (QED) is 0.475. The van der Waals surface area contributed by atoms with E-state index < -0.39 is 29.6 Å². The Morgan fingerprint density at radius 1 is 1.03 bits per heavy atom. The average Bonchev–Trinajstić information content (AvgIpc) is 3.08. The number of aliphatic hydroxyl groups is 1. The zero-order valence-corrected chi connectivity index (χ0v) is 18.1. The van der Waals surface area contributed by atoms with Gasteiger partial charge in [0.15, 0.2) is 0 Å². The summed E-state index contributed by atoms with van der Waals surface area (Å²) in [7, 11) is 0. The van der Waals surface area contributed by atoms with Crippen molar-refractivity contribution in [1.29, 1.82) is 0 Å². The van der Waals surface area contributed by atoms with E-state index in [4.69, 9.17) is 9.84 Å². The first-order chi connectivity index (χ1) is 15.2. The highest BCUT2D eigenvalue weighted by Crippen LogP contribution is 2.44. The second-order valence-corrected chi connectivity index (χ2v) is 8.49. The monoisotopic (exact) mass is 440 g/mol. The number of carboxylic acid groups (broad SMARTS) is 1. The zero-order valence-electron chi connectivity index (χ0n) is 18.1. The van der Waals surface area contributed by atoms with Crippen molar-refractivity contribution in [3.05, 3.63) is 59.7 Å². The van der Waals surface area contributed by atoms with Gasteiger partial charge in [0.25, 0.3) is 0 Å². The Morgan fingerprint density at radius 2 is 1.59 bits per heavy atom. The number of carbonyl (C=O) groups excluding carboxylic acids is 2. The van der Waals surface area contributed by atoms with E-state index in [1.165, 1.54) is 0 Å². The third kappa shape index (κ3) is 5.45. The summed E-state index contributed by atoms with van der Waals surface area (Å²) in [5.74, 6) is -1.80. The maximum Gasteiger partial charge on any atom is 0.407 e. The Hall–Kier alpha value is -3.39. The molecule has 0 spiro atoms. The fraction of sp³-hybridized carbons (Fsp3) is 0.375. The number of hydrogen-bond donors (Lipinski definition) is 4. The first kappa shape index (κ1) is 23.3. The number of fused-ring (bicyclic) bond motifs is 3. The van der Waals surface area contributed by atoms with Crippen LogP contribution in [0.5, 0.6) is 0 Å². The van der Waals surface area contributed by atoms with Crippen molar-refractivity contribution >= 4 is 18.0 Å². The predicted molar refractivity (Wildman–Crippen MR) is 118 cm³/mol. The van der Waals surface area contributed by atoms with Crippen molar-refractivity contribution < 1.29 is 29.3 Å². The number of carbonyl (C=O) groups is 3. The molecule has 0 saturated carbocycles. The minimum Gasteiger partial charge on any atom is -0.481 e. The van der Waals surface area contributed by atoms with Gasteiger partial charge in [-0.25, -0.2) is 4.79 Å². The van der Waals surface area contributed by atoms with Gasteiger partial charge in [0, 0.05) is 12.3 Å². The van der Waals surface area contributed by atoms with Crippen LogP contribution >= 0.6 is 0 Å². The fourth-order valence-electron chi connectivity index (χ4n) is 3.78. The maximum atomic E-state index is 12.6. The number of nitrogens with one attached hydrogen (secondary N) is 2. The maximum absolute atomic E-state index is 12.6. The van der Waals surface area contributed by atoms with Gasteiger partial charge in [0.1, 0.15) is 12.6 Å². The van der Waals surface area contributed by atoms with Crippen LogP contribution in [0.4, 0.5) is 4.79 Å². The summed E-state index contributed by atoms with van der Waals surface area (Å²) in [6, 6.07) is 14.8. The van der Waals surface area contributed by atoms with Crippen LogP contribution in [0.25, 0.3) is 11.1 Å². The molecular weight excluding hydrogens is 412 g/mol. The van der Waals surface area contributed by atoms with Gasteiger partial charge >= 0.3 is 12.1 Å². The van der Waals surface area contributed by atoms with Crippen LogP contribution in [-0.4, -0.2) is 53.0 Å². The normalized spacial score (nSPS) is 13.6. The predicted octanol–water partition coefficient (Wildman–Crippen LogP) is 2.65. The average molecular weight is 440 g/mol. The van der Waals surface area contributed by atoms with Gasteiger partial charge in [-0.3, -0.25) is 9.59 Å². The summed E-state index contributed by atoms with van der Waals surface area (Å²) in [6.07, 6.45) is -1.21. The lowest BCUT2D eigenvalue weighted by atomic mass is 9.98. The molecule has 1 aliphatic rings. The molecule has 1 atom stereocenters. The molecular formula is C24H28N2O6. The summed E-state index contributed by atoms with van der Waals surface area (Å²) in [4.78, 5) is 36.0. The van der Waals surface area contributed by atoms with E-state index in [1.54, 1.807) is 13.8 Å². The molecule has 1 unspecified atom stereocenters. The van der Waals surface area contributed by atoms with Crippen molar-refractivity contribution in [2.45, 2.75) is 44.2 Å². The first-order valence-electron chi connectivity index (χ1n) is 10.5. The first-order valence-corrected chi connectivity index (χ1v) is 10.5. The Labute approximate surface area is 186 Å². The molecule has 0 fully saturated rings. The molecule has 4 N–H and O–H groups in total. The van der Waals surface area contributed by atoms with Gasteiger partial charge in [-0.05, 0) is 42.5 Å². The Kier molecular flexibility index (Phi) is 7.15. The third-order valence-electron chi connectivity index (χ3n) is 5.46. The largest absolute Gasteiger partial charge is 0.481 e. The molecule has 0 aromatic heterocycles. The highest BCUT2D eigenvalue weighted by atomic mass is 16.5. The lowest BCUT2D eigenvalue weighted by molar-refractivity contribution is -0.137. The standard InChI is InChI=1S/C24H28N2O6/c1-24(2,14-27)26-22(30)20(11-12-21(28)29)25-23(31)32-13-19-17-9-5-3-7-15(17)16-8-4-6-10-18(16)19/h3-10,19-20,27H,11-14H2,1-2H3,(H,25,31)(H,26,30)(H,28,29). The molecule has 8 nitrogen and oxygen atoms in total. The molecule has 2 amide bonds. The summed E-state index contributed by atoms with van der Waals surface area (Å²) in [5, 5.41) is 23.4. The molecule has 0 saturated heterocycles. The molecule has 3 rings (SSSR count). The molecule has 0 heterocycles. The number of carboxylic acids is 1. The van der Waals surface area contributed by atoms with Crippen LogP contribution in [0, 0.1) is 0 Å². The number of rotatable bonds is 9. The molecule has 32 heavy (non-hydrogen) atoms. The summed E-state index contributed by atoms with van der Waals surface area (Å²) >= 11 is 0. The SMILES string of the molecule is CC(C)(CO)NC(=O)C(CCC(=O)O)NC(=O)OCC1c2ccccc2-c2ccccc21. The van der Waals surface area contributed by atoms with Crippen LogP contribution < -0.4 is 10.6 Å². The lowest BCUT2D eigenvalue weighted by Gasteiger charge is -2.27. The van der Waals surface area contributed by atoms with Gasteiger partial charge < -0.3 is 25.6 Å². The van der Waals surface area contributed by atoms with Gasteiger partial charge in [-0.2, -0.15) is 0 Å². The Morgan fingerprint density at radius 3 is 2.12 bits per heavy atom. The van der Waals surface area contributed by atoms with E-state index >= 15 is 0 Å². The van der Waals surface area contributed by atoms with E-state index in [9.17, 15) is 19.5 Å². The fourth-order valence-corrected chi connectivity index (χ4v) is 3.78. The van der Waals surface area contributed by atoms with E-state index in [2.05, 4.69) is 10.6 Å². The van der Waals surface area contributed by atoms with Crippen molar-refractivity contribution in [3.63, 3.8) is 0 Å². The minimum atomic E-state index is -1.10. The van der Waals surface area contributed by atoms with Crippen LogP contribution in [0.3, 0.4) is 0 Å². The van der Waals surface area contributed by atoms with E-state index in [-0.39, 0.29) is 32.0 Å². The van der Waals surface area contributed by atoms with Crippen LogP contribution in [0.15, 0.2) is 48.5 Å². The molecule has 0 radical (unpaired) electrons. The number of hydrogen-bond acceptors (Lipinski definition) is 5. The van der Waals surface area contributed by atoms with Gasteiger partial charge in [0.2, 0.25) is 5.91 Å². The van der Waals surface area contributed by atoms with Gasteiger partial charge in [-0.15, -0.1) is 0 Å². The number of benzene rings is 2. The number of aliphatic carboxylic acids is 1. The lowest BCUT2D eigenvalue weighted by Crippen LogP contribution is -2.54. The van der Waals surface area contributed by atoms with Crippen LogP contribution in [0.1, 0.15) is 43.7 Å². The minimum absolute atomic E-state index is 0.0786. The number of ether oxygens (including phenoxy) is 1. The molecule has 2 aromatic carbocycles. The highest BCUT2D eigenvalue weighted by Gasteiger charge is 2.31. The van der Waals surface area contributed by atoms with Gasteiger partial charge in [0.05, 0.1) is 12.1 Å². The molecule has 0 aliphatic heterocycles. The zero-order chi connectivity index (χ0) is 23.3. The second-order valence-electron chi connectivity index (χ2n) is 8.49. The summed E-state index contributed by atoms with van der Waals surface area (Å²) in [6.45, 7) is 3.00. The molecule has 2 aromatic rings. The van der Waals surface area contributed by atoms with E-state index in [0.717, 1.165) is 22.3 Å². The summed E-state index contributed by atoms with van der Waals surface area (Å²) < 4.78 is 5.46. The van der Waals surface area contributed by atoms with Crippen molar-refractivity contribution in [2.75, 3.05) is 13.2 Å². The Bertz CT molecular complexity index is 958. The molecule has 0 bridgehead atoms. The number of amides is 2. The van der Waals surface area contributed by atoms with Gasteiger partial charge in [-0.1, -0.05) is 48.5 Å². The van der Waals surface area contributed by atoms with Crippen molar-refractivity contribution in [3.8, 4) is 11.1 Å². The van der Waals surface area contributed by atoms with Crippen molar-refractivity contribution in [1.82, 2.24) is 10.6 Å². The topological polar surface area (TPSA) is 125 Å². The summed E-state index contributed by atoms with van der Waals surface area (Å²) in [5.41, 5.74) is 3.41. The smallest absolute Gasteiger partial charge is 0.407 e. The molecule has 170 valence electrons.